The molecule has 0 aromatic heterocycles. The van der Waals surface area contributed by atoms with Gasteiger partial charge in [0, 0.05) is 17.8 Å². The van der Waals surface area contributed by atoms with Gasteiger partial charge in [-0.3, -0.25) is 4.79 Å². The van der Waals surface area contributed by atoms with Crippen LogP contribution in [0.25, 0.3) is 0 Å². The van der Waals surface area contributed by atoms with E-state index in [1.807, 2.05) is 6.92 Å². The average Bonchev–Trinajstić information content (AvgIpc) is 2.50. The number of hydrogen-bond acceptors (Lipinski definition) is 3. The molecule has 0 heterocycles. The first kappa shape index (κ1) is 14.8. The van der Waals surface area contributed by atoms with Crippen LogP contribution in [0.1, 0.15) is 17.3 Å². The number of ketones is 1. The van der Waals surface area contributed by atoms with Gasteiger partial charge in [0.2, 0.25) is 0 Å². The second-order valence-corrected chi connectivity index (χ2v) is 4.28. The highest BCUT2D eigenvalue weighted by Gasteiger charge is 2.02. The Bertz CT molecular complexity index is 635. The van der Waals surface area contributed by atoms with E-state index in [9.17, 15) is 9.18 Å². The predicted molar refractivity (Wildman–Crippen MR) is 81.1 cm³/mol. The van der Waals surface area contributed by atoms with Crippen LogP contribution in [0.15, 0.2) is 60.8 Å². The minimum atomic E-state index is -0.365. The Labute approximate surface area is 123 Å². The molecule has 2 rings (SSSR count). The summed E-state index contributed by atoms with van der Waals surface area (Å²) < 4.78 is 18.7. The molecule has 2 aromatic rings. The molecular formula is C17H16FNO2. The molecule has 0 fully saturated rings. The van der Waals surface area contributed by atoms with Crippen LogP contribution >= 0.6 is 0 Å². The van der Waals surface area contributed by atoms with E-state index in [4.69, 9.17) is 4.74 Å². The molecule has 0 saturated heterocycles. The molecule has 0 bridgehead atoms. The molecule has 0 amide bonds. The molecule has 0 radical (unpaired) electrons. The van der Waals surface area contributed by atoms with Crippen LogP contribution in [0, 0.1) is 5.82 Å². The summed E-state index contributed by atoms with van der Waals surface area (Å²) in [4.78, 5) is 11.9. The molecule has 0 aliphatic rings. The summed E-state index contributed by atoms with van der Waals surface area (Å²) in [6.07, 6.45) is 2.79. The summed E-state index contributed by atoms with van der Waals surface area (Å²) >= 11 is 0. The molecule has 108 valence electrons. The first-order valence-electron chi connectivity index (χ1n) is 6.65. The number of benzene rings is 2. The SMILES string of the molecule is CCOc1ccc(C(=O)C=CNc2ccccc2F)cc1. The molecule has 0 aliphatic carbocycles. The molecule has 0 unspecified atom stereocenters. The van der Waals surface area contributed by atoms with Gasteiger partial charge < -0.3 is 10.1 Å². The van der Waals surface area contributed by atoms with Gasteiger partial charge in [0.15, 0.2) is 5.78 Å². The summed E-state index contributed by atoms with van der Waals surface area (Å²) in [5.41, 5.74) is 0.873. The second kappa shape index (κ2) is 7.24. The lowest BCUT2D eigenvalue weighted by atomic mass is 10.1. The fourth-order valence-corrected chi connectivity index (χ4v) is 1.76. The van der Waals surface area contributed by atoms with E-state index in [-0.39, 0.29) is 11.6 Å². The number of hydrogen-bond donors (Lipinski definition) is 1. The highest BCUT2D eigenvalue weighted by Crippen LogP contribution is 2.14. The van der Waals surface area contributed by atoms with Gasteiger partial charge in [0.1, 0.15) is 11.6 Å². The summed E-state index contributed by atoms with van der Waals surface area (Å²) in [7, 11) is 0. The van der Waals surface area contributed by atoms with E-state index in [2.05, 4.69) is 5.32 Å². The third kappa shape index (κ3) is 4.18. The second-order valence-electron chi connectivity index (χ2n) is 4.28. The maximum Gasteiger partial charge on any atom is 0.187 e. The van der Waals surface area contributed by atoms with Crippen molar-refractivity contribution in [3.8, 4) is 5.75 Å². The smallest absolute Gasteiger partial charge is 0.187 e. The molecule has 0 aliphatic heterocycles. The van der Waals surface area contributed by atoms with E-state index >= 15 is 0 Å². The predicted octanol–water partition coefficient (Wildman–Crippen LogP) is 4.03. The number of allylic oxidation sites excluding steroid dienone is 1. The first-order chi connectivity index (χ1) is 10.2. The largest absolute Gasteiger partial charge is 0.494 e. The molecule has 3 nitrogen and oxygen atoms in total. The van der Waals surface area contributed by atoms with Gasteiger partial charge in [-0.25, -0.2) is 4.39 Å². The van der Waals surface area contributed by atoms with Crippen LogP contribution in [-0.2, 0) is 0 Å². The van der Waals surface area contributed by atoms with E-state index in [0.29, 0.717) is 17.9 Å². The van der Waals surface area contributed by atoms with Crippen LogP contribution in [0.4, 0.5) is 10.1 Å². The zero-order chi connectivity index (χ0) is 15.1. The highest BCUT2D eigenvalue weighted by atomic mass is 19.1. The summed E-state index contributed by atoms with van der Waals surface area (Å²) in [6, 6.07) is 13.2. The maximum absolute atomic E-state index is 13.4. The van der Waals surface area contributed by atoms with Crippen LogP contribution in [0.5, 0.6) is 5.75 Å². The van der Waals surface area contributed by atoms with Gasteiger partial charge in [-0.1, -0.05) is 12.1 Å². The van der Waals surface area contributed by atoms with Crippen LogP contribution < -0.4 is 10.1 Å². The van der Waals surface area contributed by atoms with E-state index in [0.717, 1.165) is 5.75 Å². The van der Waals surface area contributed by atoms with E-state index < -0.39 is 0 Å². The van der Waals surface area contributed by atoms with E-state index in [1.165, 1.54) is 18.3 Å². The summed E-state index contributed by atoms with van der Waals surface area (Å²) in [5, 5.41) is 2.74. The minimum Gasteiger partial charge on any atom is -0.494 e. The lowest BCUT2D eigenvalue weighted by Crippen LogP contribution is -1.98. The van der Waals surface area contributed by atoms with E-state index in [1.54, 1.807) is 42.5 Å². The lowest BCUT2D eigenvalue weighted by molar-refractivity contribution is 0.104. The minimum absolute atomic E-state index is 0.165. The fraction of sp³-hybridized carbons (Fsp3) is 0.118. The Morgan fingerprint density at radius 3 is 2.57 bits per heavy atom. The van der Waals surface area contributed by atoms with Gasteiger partial charge in [0.05, 0.1) is 12.3 Å². The molecular weight excluding hydrogens is 269 g/mol. The van der Waals surface area contributed by atoms with Crippen molar-refractivity contribution in [2.45, 2.75) is 6.92 Å². The van der Waals surface area contributed by atoms with Crippen LogP contribution in [0.2, 0.25) is 0 Å². The molecule has 0 spiro atoms. The number of ether oxygens (including phenoxy) is 1. The number of carbonyl (C=O) groups excluding carboxylic acids is 1. The normalized spacial score (nSPS) is 10.6. The number of carbonyl (C=O) groups is 1. The number of halogens is 1. The Kier molecular flexibility index (Phi) is 5.10. The Morgan fingerprint density at radius 1 is 1.19 bits per heavy atom. The van der Waals surface area contributed by atoms with Gasteiger partial charge in [0.25, 0.3) is 0 Å². The third-order valence-corrected chi connectivity index (χ3v) is 2.80. The monoisotopic (exact) mass is 285 g/mol. The summed E-state index contributed by atoms with van der Waals surface area (Å²) in [6.45, 7) is 2.48. The lowest BCUT2D eigenvalue weighted by Gasteiger charge is -2.03. The Morgan fingerprint density at radius 2 is 1.90 bits per heavy atom. The number of rotatable bonds is 6. The number of para-hydroxylation sites is 1. The maximum atomic E-state index is 13.4. The molecule has 21 heavy (non-hydrogen) atoms. The van der Waals surface area contributed by atoms with Gasteiger partial charge in [-0.2, -0.15) is 0 Å². The first-order valence-corrected chi connectivity index (χ1v) is 6.65. The standard InChI is InChI=1S/C17H16FNO2/c1-2-21-14-9-7-13(8-10-14)17(20)11-12-19-16-6-4-3-5-15(16)18/h3-12,19H,2H2,1H3. The molecule has 0 atom stereocenters. The van der Waals surface area contributed by atoms with Crippen LogP contribution in [0.3, 0.4) is 0 Å². The molecule has 2 aromatic carbocycles. The summed E-state index contributed by atoms with van der Waals surface area (Å²) in [5.74, 6) is 0.195. The van der Waals surface area contributed by atoms with Gasteiger partial charge in [-0.15, -0.1) is 0 Å². The fourth-order valence-electron chi connectivity index (χ4n) is 1.76. The quantitative estimate of drug-likeness (QED) is 0.643. The third-order valence-electron chi connectivity index (χ3n) is 2.80. The van der Waals surface area contributed by atoms with Gasteiger partial charge in [-0.05, 0) is 43.3 Å². The Hall–Kier alpha value is -2.62. The zero-order valence-electron chi connectivity index (χ0n) is 11.7. The molecule has 4 heteroatoms. The average molecular weight is 285 g/mol. The van der Waals surface area contributed by atoms with Crippen LogP contribution in [-0.4, -0.2) is 12.4 Å². The van der Waals surface area contributed by atoms with Crippen molar-refractivity contribution in [3.05, 3.63) is 72.2 Å². The van der Waals surface area contributed by atoms with Crippen molar-refractivity contribution in [1.82, 2.24) is 0 Å². The molecule has 0 saturated carbocycles. The Balaban J connectivity index is 1.97. The molecule has 1 N–H and O–H groups in total. The van der Waals surface area contributed by atoms with Crippen molar-refractivity contribution in [2.75, 3.05) is 11.9 Å². The zero-order valence-corrected chi connectivity index (χ0v) is 11.7. The number of nitrogens with one attached hydrogen (secondary N) is 1. The highest BCUT2D eigenvalue weighted by molar-refractivity contribution is 6.04. The van der Waals surface area contributed by atoms with Crippen molar-refractivity contribution in [1.29, 1.82) is 0 Å². The topological polar surface area (TPSA) is 38.3 Å². The van der Waals surface area contributed by atoms with Crippen molar-refractivity contribution >= 4 is 11.5 Å². The van der Waals surface area contributed by atoms with Crippen molar-refractivity contribution in [2.24, 2.45) is 0 Å². The number of anilines is 1. The van der Waals surface area contributed by atoms with Crippen molar-refractivity contribution in [3.63, 3.8) is 0 Å². The van der Waals surface area contributed by atoms with Crippen molar-refractivity contribution < 1.29 is 13.9 Å². The van der Waals surface area contributed by atoms with Gasteiger partial charge >= 0.3 is 0 Å².